The number of aliphatic hydroxyl groups is 1. The first-order valence-electron chi connectivity index (χ1n) is 8.66. The highest BCUT2D eigenvalue weighted by Crippen LogP contribution is 2.61. The van der Waals surface area contributed by atoms with Crippen LogP contribution in [0.15, 0.2) is 23.3 Å². The average molecular weight is 305 g/mol. The molecule has 1 N–H and O–H groups in total. The van der Waals surface area contributed by atoms with E-state index < -0.39 is 0 Å². The Balaban J connectivity index is 1.95. The van der Waals surface area contributed by atoms with Crippen molar-refractivity contribution >= 4 is 0 Å². The summed E-state index contributed by atoms with van der Waals surface area (Å²) in [5.74, 6) is 0. The van der Waals surface area contributed by atoms with Gasteiger partial charge in [0.15, 0.2) is 0 Å². The van der Waals surface area contributed by atoms with E-state index in [1.165, 1.54) is 17.6 Å². The van der Waals surface area contributed by atoms with Crippen LogP contribution in [0, 0.1) is 10.8 Å². The molecule has 0 aromatic rings. The fraction of sp³-hybridized carbons (Fsp3) is 0.789. The summed E-state index contributed by atoms with van der Waals surface area (Å²) in [6.07, 6.45) is 7.41. The van der Waals surface area contributed by atoms with Gasteiger partial charge in [0.05, 0.1) is 12.2 Å². The van der Waals surface area contributed by atoms with Crippen molar-refractivity contribution < 1.29 is 9.84 Å². The first-order valence-corrected chi connectivity index (χ1v) is 8.66. The van der Waals surface area contributed by atoms with Gasteiger partial charge in [0.25, 0.3) is 0 Å². The second kappa shape index (κ2) is 5.47. The van der Waals surface area contributed by atoms with Crippen molar-refractivity contribution in [1.82, 2.24) is 4.90 Å². The maximum absolute atomic E-state index is 10.0. The number of piperidine rings is 1. The summed E-state index contributed by atoms with van der Waals surface area (Å²) < 4.78 is 5.50. The number of nitrogens with zero attached hydrogens (tertiary/aromatic N) is 1. The summed E-state index contributed by atoms with van der Waals surface area (Å²) in [5, 5.41) is 10.0. The third kappa shape index (κ3) is 2.29. The van der Waals surface area contributed by atoms with E-state index in [1.54, 1.807) is 7.11 Å². The standard InChI is InChI=1S/C19H31NO2/c1-13(22-5)12-20-9-8-19(4)16-7-6-15(21)10-14(16)11-17(20)18(19,2)3/h7,10,13,15,17,21H,6,8-9,11-12H2,1-5H3/t13?,15?,17?,19-/m0/s1. The molecule has 4 atom stereocenters. The number of rotatable bonds is 3. The Kier molecular flexibility index (Phi) is 4.03. The van der Waals surface area contributed by atoms with Crippen LogP contribution < -0.4 is 0 Å². The summed E-state index contributed by atoms with van der Waals surface area (Å²) in [6, 6.07) is 0.526. The van der Waals surface area contributed by atoms with Crippen molar-refractivity contribution in [2.45, 2.75) is 65.2 Å². The van der Waals surface area contributed by atoms with Gasteiger partial charge in [-0.1, -0.05) is 32.9 Å². The zero-order valence-electron chi connectivity index (χ0n) is 14.7. The molecule has 2 fully saturated rings. The maximum atomic E-state index is 10.0. The minimum absolute atomic E-state index is 0.217. The van der Waals surface area contributed by atoms with Crippen molar-refractivity contribution in [2.24, 2.45) is 10.8 Å². The SMILES string of the molecule is COC(C)CN1CC[C@@]2(C)C3=CCC(O)C=C3CC1C2(C)C. The fourth-order valence-electron chi connectivity index (χ4n) is 4.88. The number of methoxy groups -OCH3 is 1. The molecule has 0 amide bonds. The zero-order chi connectivity index (χ0) is 16.1. The minimum atomic E-state index is -0.296. The highest BCUT2D eigenvalue weighted by Gasteiger charge is 2.57. The second-order valence-electron chi connectivity index (χ2n) is 8.18. The van der Waals surface area contributed by atoms with Gasteiger partial charge in [-0.2, -0.15) is 0 Å². The molecule has 3 unspecified atom stereocenters. The van der Waals surface area contributed by atoms with Gasteiger partial charge in [-0.3, -0.25) is 4.90 Å². The van der Waals surface area contributed by atoms with Gasteiger partial charge in [0.2, 0.25) is 0 Å². The Labute approximate surface area is 135 Å². The molecule has 1 saturated carbocycles. The van der Waals surface area contributed by atoms with Gasteiger partial charge >= 0.3 is 0 Å². The molecule has 3 aliphatic rings. The van der Waals surface area contributed by atoms with Crippen LogP contribution in [-0.4, -0.2) is 48.5 Å². The molecular formula is C19H31NO2. The lowest BCUT2D eigenvalue weighted by molar-refractivity contribution is -0.0776. The number of likely N-dealkylation sites (tertiary alicyclic amines) is 1. The topological polar surface area (TPSA) is 32.7 Å². The number of fused-ring (bicyclic) bond motifs is 4. The summed E-state index contributed by atoms with van der Waals surface area (Å²) >= 11 is 0. The lowest BCUT2D eigenvalue weighted by Gasteiger charge is -2.62. The van der Waals surface area contributed by atoms with Crippen molar-refractivity contribution in [3.8, 4) is 0 Å². The summed E-state index contributed by atoms with van der Waals surface area (Å²) in [4.78, 5) is 2.62. The molecule has 3 heteroatoms. The predicted molar refractivity (Wildman–Crippen MR) is 89.7 cm³/mol. The van der Waals surface area contributed by atoms with E-state index in [2.05, 4.69) is 44.7 Å². The fourth-order valence-corrected chi connectivity index (χ4v) is 4.88. The molecule has 0 spiro atoms. The highest BCUT2D eigenvalue weighted by atomic mass is 16.5. The van der Waals surface area contributed by atoms with Crippen LogP contribution in [0.2, 0.25) is 0 Å². The first kappa shape index (κ1) is 16.2. The van der Waals surface area contributed by atoms with E-state index in [9.17, 15) is 5.11 Å². The number of allylic oxidation sites excluding steroid dienone is 1. The van der Waals surface area contributed by atoms with Crippen LogP contribution in [0.4, 0.5) is 0 Å². The average Bonchev–Trinajstić information content (AvgIpc) is 2.45. The van der Waals surface area contributed by atoms with E-state index >= 15 is 0 Å². The number of ether oxygens (including phenoxy) is 1. The van der Waals surface area contributed by atoms with Gasteiger partial charge in [0.1, 0.15) is 0 Å². The molecule has 0 aromatic heterocycles. The van der Waals surface area contributed by atoms with E-state index in [1.807, 2.05) is 0 Å². The molecule has 1 heterocycles. The molecule has 3 rings (SSSR count). The minimum Gasteiger partial charge on any atom is -0.389 e. The Morgan fingerprint density at radius 1 is 1.41 bits per heavy atom. The van der Waals surface area contributed by atoms with Crippen LogP contribution in [-0.2, 0) is 4.74 Å². The van der Waals surface area contributed by atoms with E-state index in [4.69, 9.17) is 4.74 Å². The third-order valence-electron chi connectivity index (χ3n) is 6.80. The highest BCUT2D eigenvalue weighted by molar-refractivity contribution is 5.46. The Bertz CT molecular complexity index is 508. The molecule has 3 nitrogen and oxygen atoms in total. The smallest absolute Gasteiger partial charge is 0.0761 e. The van der Waals surface area contributed by atoms with Crippen LogP contribution >= 0.6 is 0 Å². The molecule has 2 aliphatic carbocycles. The van der Waals surface area contributed by atoms with Crippen LogP contribution in [0.1, 0.15) is 47.0 Å². The van der Waals surface area contributed by atoms with Crippen LogP contribution in [0.3, 0.4) is 0 Å². The Morgan fingerprint density at radius 2 is 2.14 bits per heavy atom. The molecular weight excluding hydrogens is 274 g/mol. The molecule has 2 bridgehead atoms. The summed E-state index contributed by atoms with van der Waals surface area (Å²) in [6.45, 7) is 11.6. The van der Waals surface area contributed by atoms with E-state index in [-0.39, 0.29) is 23.0 Å². The molecule has 1 aliphatic heterocycles. The predicted octanol–water partition coefficient (Wildman–Crippen LogP) is 3.15. The van der Waals surface area contributed by atoms with Crippen molar-refractivity contribution in [2.75, 3.05) is 20.2 Å². The monoisotopic (exact) mass is 305 g/mol. The van der Waals surface area contributed by atoms with Crippen molar-refractivity contribution in [1.29, 1.82) is 0 Å². The van der Waals surface area contributed by atoms with Crippen molar-refractivity contribution in [3.05, 3.63) is 23.3 Å². The van der Waals surface area contributed by atoms with Gasteiger partial charge < -0.3 is 9.84 Å². The second-order valence-corrected chi connectivity index (χ2v) is 8.18. The lowest BCUT2D eigenvalue weighted by Crippen LogP contribution is -2.63. The largest absolute Gasteiger partial charge is 0.389 e. The van der Waals surface area contributed by atoms with Crippen molar-refractivity contribution in [3.63, 3.8) is 0 Å². The third-order valence-corrected chi connectivity index (χ3v) is 6.80. The van der Waals surface area contributed by atoms with Crippen LogP contribution in [0.5, 0.6) is 0 Å². The number of hydrogen-bond acceptors (Lipinski definition) is 3. The van der Waals surface area contributed by atoms with E-state index in [0.717, 1.165) is 25.9 Å². The van der Waals surface area contributed by atoms with Gasteiger partial charge in [-0.05, 0) is 49.3 Å². The van der Waals surface area contributed by atoms with Gasteiger partial charge in [-0.25, -0.2) is 0 Å². The van der Waals surface area contributed by atoms with Crippen LogP contribution in [0.25, 0.3) is 0 Å². The molecule has 124 valence electrons. The zero-order valence-corrected chi connectivity index (χ0v) is 14.7. The molecule has 1 saturated heterocycles. The number of hydrogen-bond donors (Lipinski definition) is 1. The lowest BCUT2D eigenvalue weighted by atomic mass is 9.49. The summed E-state index contributed by atoms with van der Waals surface area (Å²) in [7, 11) is 1.80. The molecule has 0 radical (unpaired) electrons. The first-order chi connectivity index (χ1) is 10.3. The maximum Gasteiger partial charge on any atom is 0.0761 e. The normalized spacial score (nSPS) is 38.8. The van der Waals surface area contributed by atoms with Gasteiger partial charge in [0, 0.05) is 25.1 Å². The molecule has 0 aromatic carbocycles. The van der Waals surface area contributed by atoms with Gasteiger partial charge in [-0.15, -0.1) is 0 Å². The number of aliphatic hydroxyl groups excluding tert-OH is 1. The van der Waals surface area contributed by atoms with E-state index in [0.29, 0.717) is 6.04 Å². The molecule has 22 heavy (non-hydrogen) atoms. The summed E-state index contributed by atoms with van der Waals surface area (Å²) in [5.41, 5.74) is 3.36. The Morgan fingerprint density at radius 3 is 2.82 bits per heavy atom. The quantitative estimate of drug-likeness (QED) is 0.869. The Hall–Kier alpha value is -0.640.